The molecule has 20 rings (SSSR count). The van der Waals surface area contributed by atoms with Gasteiger partial charge in [0.15, 0.2) is 34.9 Å². The van der Waals surface area contributed by atoms with Crippen LogP contribution < -0.4 is 0 Å². The van der Waals surface area contributed by atoms with E-state index in [4.69, 9.17) is 38.7 Å². The molecule has 0 fully saturated rings. The Kier molecular flexibility index (Phi) is 16.4. The maximum absolute atomic E-state index is 7.03. The number of hydrogen-bond acceptors (Lipinski definition) is 8. The SMILES string of the molecule is c1ccc(-c2ccc(-c3ccc(-c4ccc5oc6cccc(-c7nc(-c8ccccc8)nc(-c8cccc(-c9ccc(-c%10ccc(-c%11ccc(-c%12cc(-c%13ccc(-c%14ccccc%14)cc%13)cc%13c%12oc%12cccc(-c%14nc(-c%15ccccc%15)nc(-c%15ccccc%15)n%14)c%12%13)cc%11)cc%10)cc9)c8)n7)c6c5c4)cc3)cc2)cc1. The van der Waals surface area contributed by atoms with E-state index in [-0.39, 0.29) is 0 Å². The molecule has 0 spiro atoms. The average molecular weight is 1410 g/mol. The van der Waals surface area contributed by atoms with E-state index >= 15 is 0 Å². The summed E-state index contributed by atoms with van der Waals surface area (Å²) in [4.78, 5) is 31.1. The third kappa shape index (κ3) is 12.4. The molecule has 0 aliphatic heterocycles. The molecule has 0 radical (unpaired) electrons. The van der Waals surface area contributed by atoms with Gasteiger partial charge in [-0.15, -0.1) is 0 Å². The fraction of sp³-hybridized carbons (Fsp3) is 0. The summed E-state index contributed by atoms with van der Waals surface area (Å²) in [5.41, 5.74) is 28.4. The first-order chi connectivity index (χ1) is 54.4. The van der Waals surface area contributed by atoms with Crippen LogP contribution in [-0.2, 0) is 0 Å². The molecule has 0 N–H and O–H groups in total. The molecule has 110 heavy (non-hydrogen) atoms. The third-order valence-electron chi connectivity index (χ3n) is 20.9. The molecule has 4 aromatic heterocycles. The van der Waals surface area contributed by atoms with E-state index in [1.54, 1.807) is 0 Å². The van der Waals surface area contributed by atoms with Crippen LogP contribution in [0.25, 0.3) is 212 Å². The number of fused-ring (bicyclic) bond motifs is 6. The lowest BCUT2D eigenvalue weighted by Crippen LogP contribution is -2.00. The van der Waals surface area contributed by atoms with Crippen molar-refractivity contribution < 1.29 is 8.83 Å². The van der Waals surface area contributed by atoms with Gasteiger partial charge in [-0.2, -0.15) is 0 Å². The minimum atomic E-state index is 0.561. The van der Waals surface area contributed by atoms with Crippen LogP contribution in [0.2, 0.25) is 0 Å². The fourth-order valence-corrected chi connectivity index (χ4v) is 15.2. The molecule has 8 heteroatoms. The zero-order chi connectivity index (χ0) is 72.9. The number of aromatic nitrogens is 6. The zero-order valence-electron chi connectivity index (χ0n) is 59.5. The highest BCUT2D eigenvalue weighted by molar-refractivity contribution is 6.17. The largest absolute Gasteiger partial charge is 0.456 e. The molecule has 0 saturated heterocycles. The van der Waals surface area contributed by atoms with Crippen LogP contribution in [0.4, 0.5) is 0 Å². The van der Waals surface area contributed by atoms with Crippen molar-refractivity contribution in [3.63, 3.8) is 0 Å². The monoisotopic (exact) mass is 1400 g/mol. The van der Waals surface area contributed by atoms with Gasteiger partial charge < -0.3 is 8.83 Å². The topological polar surface area (TPSA) is 104 Å². The summed E-state index contributed by atoms with van der Waals surface area (Å²) < 4.78 is 13.6. The van der Waals surface area contributed by atoms with Gasteiger partial charge in [-0.3, -0.25) is 0 Å². The van der Waals surface area contributed by atoms with Crippen molar-refractivity contribution in [2.45, 2.75) is 0 Å². The highest BCUT2D eigenvalue weighted by atomic mass is 16.3. The predicted octanol–water partition coefficient (Wildman–Crippen LogP) is 26.9. The van der Waals surface area contributed by atoms with E-state index in [0.717, 1.165) is 155 Å². The van der Waals surface area contributed by atoms with E-state index in [1.165, 1.54) is 22.3 Å². The number of furan rings is 2. The molecule has 20 aromatic rings. The van der Waals surface area contributed by atoms with E-state index < -0.39 is 0 Å². The van der Waals surface area contributed by atoms with E-state index in [1.807, 2.05) is 121 Å². The molecule has 0 bridgehead atoms. The Bertz CT molecular complexity index is 6740. The first-order valence-electron chi connectivity index (χ1n) is 36.9. The van der Waals surface area contributed by atoms with Crippen LogP contribution in [-0.4, -0.2) is 29.9 Å². The van der Waals surface area contributed by atoms with Crippen LogP contribution in [0.15, 0.2) is 397 Å². The highest BCUT2D eigenvalue weighted by Crippen LogP contribution is 2.45. The third-order valence-corrected chi connectivity index (χ3v) is 20.9. The molecule has 0 unspecified atom stereocenters. The molecule has 16 aromatic carbocycles. The second-order valence-electron chi connectivity index (χ2n) is 27.7. The van der Waals surface area contributed by atoms with Crippen molar-refractivity contribution in [1.29, 1.82) is 0 Å². The second kappa shape index (κ2) is 27.9. The van der Waals surface area contributed by atoms with Gasteiger partial charge in [0.05, 0.1) is 0 Å². The number of benzene rings is 16. The minimum Gasteiger partial charge on any atom is -0.456 e. The van der Waals surface area contributed by atoms with Crippen molar-refractivity contribution in [2.75, 3.05) is 0 Å². The van der Waals surface area contributed by atoms with Crippen molar-refractivity contribution in [3.8, 4) is 168 Å². The summed E-state index contributed by atoms with van der Waals surface area (Å²) >= 11 is 0. The van der Waals surface area contributed by atoms with Gasteiger partial charge >= 0.3 is 0 Å². The van der Waals surface area contributed by atoms with Gasteiger partial charge in [-0.25, -0.2) is 29.9 Å². The molecule has 514 valence electrons. The van der Waals surface area contributed by atoms with Crippen molar-refractivity contribution >= 4 is 43.9 Å². The number of rotatable bonds is 15. The average Bonchev–Trinajstić information content (AvgIpc) is 1.60. The Morgan fingerprint density at radius 2 is 0.418 bits per heavy atom. The van der Waals surface area contributed by atoms with E-state index in [2.05, 4.69) is 267 Å². The Morgan fingerprint density at radius 1 is 0.145 bits per heavy atom. The summed E-state index contributed by atoms with van der Waals surface area (Å²) in [6, 6.07) is 136. The van der Waals surface area contributed by atoms with Gasteiger partial charge in [0.1, 0.15) is 22.3 Å². The van der Waals surface area contributed by atoms with Gasteiger partial charge in [-0.05, 0) is 137 Å². The second-order valence-corrected chi connectivity index (χ2v) is 27.7. The molecule has 0 amide bonds. The minimum absolute atomic E-state index is 0.561. The number of nitrogens with zero attached hydrogens (tertiary/aromatic N) is 6. The molecular weight excluding hydrogens is 1340 g/mol. The van der Waals surface area contributed by atoms with Gasteiger partial charge in [0.2, 0.25) is 0 Å². The maximum atomic E-state index is 7.03. The first-order valence-corrected chi connectivity index (χ1v) is 36.9. The molecule has 4 heterocycles. The summed E-state index contributed by atoms with van der Waals surface area (Å²) in [5, 5.41) is 3.84. The van der Waals surface area contributed by atoms with Crippen LogP contribution in [0.5, 0.6) is 0 Å². The van der Waals surface area contributed by atoms with Gasteiger partial charge in [-0.1, -0.05) is 346 Å². The Hall–Kier alpha value is -14.9. The summed E-state index contributed by atoms with van der Waals surface area (Å²) in [6.07, 6.45) is 0. The van der Waals surface area contributed by atoms with Crippen LogP contribution in [0.1, 0.15) is 0 Å². The lowest BCUT2D eigenvalue weighted by Gasteiger charge is -2.11. The Labute approximate surface area is 635 Å². The fourth-order valence-electron chi connectivity index (χ4n) is 15.2. The normalized spacial score (nSPS) is 11.5. The molecule has 0 aliphatic rings. The molecular formula is C102H64N6O2. The van der Waals surface area contributed by atoms with Crippen LogP contribution >= 0.6 is 0 Å². The number of hydrogen-bond donors (Lipinski definition) is 0. The van der Waals surface area contributed by atoms with Crippen LogP contribution in [0.3, 0.4) is 0 Å². The smallest absolute Gasteiger partial charge is 0.164 e. The predicted molar refractivity (Wildman–Crippen MR) is 449 cm³/mol. The van der Waals surface area contributed by atoms with E-state index in [9.17, 15) is 0 Å². The summed E-state index contributed by atoms with van der Waals surface area (Å²) in [6.45, 7) is 0. The van der Waals surface area contributed by atoms with Gasteiger partial charge in [0, 0.05) is 60.5 Å². The van der Waals surface area contributed by atoms with Crippen molar-refractivity contribution in [1.82, 2.24) is 29.9 Å². The Balaban J connectivity index is 0.588. The molecule has 0 saturated carbocycles. The van der Waals surface area contributed by atoms with Crippen molar-refractivity contribution in [3.05, 3.63) is 388 Å². The molecule has 0 atom stereocenters. The standard InChI is InChI=1S/C102H64N6O2/c1-6-19-65(20-7-1)67-35-37-69(38-36-67)73-45-51-76(52-46-73)83-59-60-91-89(62-83)94-86(31-17-33-92(94)109-91)101-107-99(81-27-14-5-15-28-81)104-100(108-101)84-30-16-29-82(61-84)75-49-43-72(44-50-75)70-39-41-71(42-40-70)74-55-57-78(58-56-74)88-63-85(77-53-47-68(48-54-77)66-21-8-2-9-22-66)64-90-95-87(32-18-34-93(95)110-96(88)90)102-105-97(79-23-10-3-11-24-79)103-98(106-102)80-25-12-4-13-26-80/h1-64H. The first kappa shape index (κ1) is 64.7. The summed E-state index contributed by atoms with van der Waals surface area (Å²) in [5.74, 6) is 3.48. The summed E-state index contributed by atoms with van der Waals surface area (Å²) in [7, 11) is 0. The van der Waals surface area contributed by atoms with E-state index in [0.29, 0.717) is 34.9 Å². The molecule has 0 aliphatic carbocycles. The lowest BCUT2D eigenvalue weighted by atomic mass is 9.93. The Morgan fingerprint density at radius 3 is 0.827 bits per heavy atom. The quantitative estimate of drug-likeness (QED) is 0.1000. The molecule has 8 nitrogen and oxygen atoms in total. The maximum Gasteiger partial charge on any atom is 0.164 e. The highest BCUT2D eigenvalue weighted by Gasteiger charge is 2.24. The van der Waals surface area contributed by atoms with Gasteiger partial charge in [0.25, 0.3) is 0 Å². The van der Waals surface area contributed by atoms with Crippen LogP contribution in [0, 0.1) is 0 Å². The van der Waals surface area contributed by atoms with Crippen molar-refractivity contribution in [2.24, 2.45) is 0 Å². The zero-order valence-corrected chi connectivity index (χ0v) is 59.5. The lowest BCUT2D eigenvalue weighted by molar-refractivity contribution is 0.669.